The van der Waals surface area contributed by atoms with E-state index < -0.39 is 18.2 Å². The van der Waals surface area contributed by atoms with Gasteiger partial charge in [-0.15, -0.1) is 12.4 Å². The summed E-state index contributed by atoms with van der Waals surface area (Å²) >= 11 is 0. The van der Waals surface area contributed by atoms with Crippen LogP contribution in [0.5, 0.6) is 0 Å². The second-order valence-corrected chi connectivity index (χ2v) is 2.82. The molecule has 0 atom stereocenters. The fourth-order valence-electron chi connectivity index (χ4n) is 0. The van der Waals surface area contributed by atoms with Crippen molar-refractivity contribution in [3.63, 3.8) is 0 Å². The van der Waals surface area contributed by atoms with E-state index in [4.69, 9.17) is 36.8 Å². The van der Waals surface area contributed by atoms with E-state index in [9.17, 15) is 0 Å². The van der Waals surface area contributed by atoms with E-state index in [1.807, 2.05) is 0 Å². The van der Waals surface area contributed by atoms with Crippen LogP contribution in [0, 0.1) is 0 Å². The Morgan fingerprint density at radius 2 is 1.17 bits per heavy atom. The van der Waals surface area contributed by atoms with Crippen molar-refractivity contribution in [3.8, 4) is 0 Å². The van der Waals surface area contributed by atoms with Gasteiger partial charge in [-0.2, -0.15) is 8.42 Å². The number of halogens is 1. The Morgan fingerprint density at radius 1 is 1.17 bits per heavy atom. The van der Waals surface area contributed by atoms with Crippen LogP contribution in [0.2, 0.25) is 0 Å². The van der Waals surface area contributed by atoms with E-state index in [0.29, 0.717) is 0 Å². The standard InChI is InChI=1S/ClH.Na.H3O4P.H2O4S/c;;2*1-5(2,3)4/h1H;;(H3,1,2,3,4);(H2,1,2,3,4)/q;+1;;/p-1. The Bertz CT molecular complexity index is 197. The van der Waals surface area contributed by atoms with Gasteiger partial charge >= 0.3 is 40.0 Å². The monoisotopic (exact) mass is 254 g/mol. The number of hydrogen-bond donors (Lipinski definition) is 4. The first-order valence-electron chi connectivity index (χ1n) is 1.46. The first kappa shape index (κ1) is 23.2. The molecule has 0 aromatic heterocycles. The van der Waals surface area contributed by atoms with Gasteiger partial charge in [0, 0.05) is 0 Å². The predicted molar refractivity (Wildman–Crippen MR) is 33.5 cm³/mol. The van der Waals surface area contributed by atoms with Crippen molar-refractivity contribution >= 4 is 30.6 Å². The summed E-state index contributed by atoms with van der Waals surface area (Å²) in [6.07, 6.45) is 0. The van der Waals surface area contributed by atoms with Crippen LogP contribution in [0.25, 0.3) is 0 Å². The zero-order valence-electron chi connectivity index (χ0n) is 5.69. The molecule has 0 rings (SSSR count). The fourth-order valence-corrected chi connectivity index (χ4v) is 0. The third kappa shape index (κ3) is 737. The van der Waals surface area contributed by atoms with Gasteiger partial charge in [0.2, 0.25) is 0 Å². The smallest absolute Gasteiger partial charge is 0.756 e. The Morgan fingerprint density at radius 3 is 1.17 bits per heavy atom. The molecular weight excluding hydrogens is 249 g/mol. The zero-order chi connectivity index (χ0) is 9.00. The number of rotatable bonds is 0. The van der Waals surface area contributed by atoms with Gasteiger partial charge in [-0.25, -0.2) is 0 Å². The van der Waals surface area contributed by atoms with Crippen LogP contribution < -0.4 is 34.5 Å². The fraction of sp³-hybridized carbons (Fsp3) is 0. The molecule has 0 aromatic carbocycles. The molecule has 0 aliphatic heterocycles. The zero-order valence-corrected chi connectivity index (χ0v) is 10.2. The average molecular weight is 255 g/mol. The molecule has 0 aliphatic carbocycles. The summed E-state index contributed by atoms with van der Waals surface area (Å²) in [5.41, 5.74) is 0. The van der Waals surface area contributed by atoms with Gasteiger partial charge < -0.3 is 14.7 Å². The molecule has 72 valence electrons. The second-order valence-electron chi connectivity index (χ2n) is 0.938. The van der Waals surface area contributed by atoms with Gasteiger partial charge in [0.15, 0.2) is 0 Å². The Kier molecular flexibility index (Phi) is 17.1. The van der Waals surface area contributed by atoms with Crippen molar-refractivity contribution < 1.29 is 66.3 Å². The Hall–Kier alpha value is 1.27. The molecule has 0 radical (unpaired) electrons. The summed E-state index contributed by atoms with van der Waals surface area (Å²) < 4.78 is 40.4. The molecule has 0 unspecified atom stereocenters. The minimum atomic E-state index is -4.89. The Labute approximate surface area is 96.5 Å². The van der Waals surface area contributed by atoms with Crippen LogP contribution >= 0.6 is 20.2 Å². The minimum Gasteiger partial charge on any atom is -0.756 e. The van der Waals surface area contributed by atoms with Gasteiger partial charge in [0.25, 0.3) is 7.82 Å². The molecule has 0 saturated heterocycles. The van der Waals surface area contributed by atoms with Crippen molar-refractivity contribution in [1.29, 1.82) is 0 Å². The molecule has 0 amide bonds. The van der Waals surface area contributed by atoms with E-state index >= 15 is 0 Å². The van der Waals surface area contributed by atoms with Crippen LogP contribution in [-0.4, -0.2) is 27.3 Å². The van der Waals surface area contributed by atoms with Crippen molar-refractivity contribution in [3.05, 3.63) is 0 Å². The second kappa shape index (κ2) is 8.85. The van der Waals surface area contributed by atoms with E-state index in [-0.39, 0.29) is 42.0 Å². The van der Waals surface area contributed by atoms with Crippen LogP contribution in [-0.2, 0) is 15.0 Å². The Balaban J connectivity index is -0.0000000457. The third-order valence-electron chi connectivity index (χ3n) is 0. The SMILES string of the molecule is Cl.O=P([O-])(O)O.O=S(=O)(O)O.[Na+]. The molecule has 0 bridgehead atoms. The first-order chi connectivity index (χ1) is 4.00. The van der Waals surface area contributed by atoms with Crippen molar-refractivity contribution in [2.24, 2.45) is 0 Å². The number of hydrogen-bond acceptors (Lipinski definition) is 4. The summed E-state index contributed by atoms with van der Waals surface area (Å²) in [5, 5.41) is 0. The van der Waals surface area contributed by atoms with Crippen molar-refractivity contribution in [1.82, 2.24) is 0 Å². The van der Waals surface area contributed by atoms with E-state index in [2.05, 4.69) is 0 Å². The number of phosphoric acid groups is 1. The van der Waals surface area contributed by atoms with Crippen LogP contribution in [0.4, 0.5) is 0 Å². The average Bonchev–Trinajstić information content (AvgIpc) is 1.12. The summed E-state index contributed by atoms with van der Waals surface area (Å²) in [4.78, 5) is 22.9. The molecular formula is H5ClNaO8PS. The minimum absolute atomic E-state index is 0. The molecule has 8 nitrogen and oxygen atoms in total. The molecule has 0 fully saturated rings. The summed E-state index contributed by atoms with van der Waals surface area (Å²) in [6, 6.07) is 0. The topological polar surface area (TPSA) is 155 Å². The summed E-state index contributed by atoms with van der Waals surface area (Å²) in [6.45, 7) is 0. The molecule has 0 saturated carbocycles. The maximum atomic E-state index is 8.77. The first-order valence-corrected chi connectivity index (χ1v) is 4.39. The van der Waals surface area contributed by atoms with Gasteiger partial charge in [-0.1, -0.05) is 0 Å². The van der Waals surface area contributed by atoms with E-state index in [1.54, 1.807) is 0 Å². The maximum Gasteiger partial charge on any atom is 1.00 e. The van der Waals surface area contributed by atoms with Gasteiger partial charge in [0.1, 0.15) is 0 Å². The van der Waals surface area contributed by atoms with Gasteiger partial charge in [0.05, 0.1) is 0 Å². The summed E-state index contributed by atoms with van der Waals surface area (Å²) in [5.74, 6) is 0. The largest absolute Gasteiger partial charge is 1.00 e. The van der Waals surface area contributed by atoms with Crippen molar-refractivity contribution in [2.45, 2.75) is 0 Å². The molecule has 4 N–H and O–H groups in total. The predicted octanol–water partition coefficient (Wildman–Crippen LogP) is -4.79. The van der Waals surface area contributed by atoms with Crippen LogP contribution in [0.3, 0.4) is 0 Å². The quantitative estimate of drug-likeness (QED) is 0.191. The van der Waals surface area contributed by atoms with Crippen LogP contribution in [0.15, 0.2) is 0 Å². The van der Waals surface area contributed by atoms with E-state index in [0.717, 1.165) is 0 Å². The molecule has 0 spiro atoms. The molecule has 0 aliphatic rings. The normalized spacial score (nSPS) is 9.75. The molecule has 12 heteroatoms. The molecule has 0 heterocycles. The van der Waals surface area contributed by atoms with Gasteiger partial charge in [-0.3, -0.25) is 13.7 Å². The van der Waals surface area contributed by atoms with Crippen molar-refractivity contribution in [2.75, 3.05) is 0 Å². The molecule has 12 heavy (non-hydrogen) atoms. The van der Waals surface area contributed by atoms with E-state index in [1.165, 1.54) is 0 Å². The van der Waals surface area contributed by atoms with Gasteiger partial charge in [-0.05, 0) is 0 Å². The third-order valence-corrected chi connectivity index (χ3v) is 0. The molecule has 0 aromatic rings. The maximum absolute atomic E-state index is 8.77. The van der Waals surface area contributed by atoms with Crippen LogP contribution in [0.1, 0.15) is 0 Å². The summed E-state index contributed by atoms with van der Waals surface area (Å²) in [7, 11) is -9.56.